The highest BCUT2D eigenvalue weighted by atomic mass is 35.5. The Morgan fingerprint density at radius 2 is 1.81 bits per heavy atom. The second-order valence-electron chi connectivity index (χ2n) is 6.66. The molecule has 0 radical (unpaired) electrons. The molecular formula is C21H15Cl2F2N5O2. The van der Waals surface area contributed by atoms with Gasteiger partial charge in [-0.05, 0) is 24.3 Å². The van der Waals surface area contributed by atoms with Crippen LogP contribution in [0.25, 0.3) is 0 Å². The van der Waals surface area contributed by atoms with Crippen molar-refractivity contribution < 1.29 is 18.3 Å². The van der Waals surface area contributed by atoms with Crippen LogP contribution in [0.1, 0.15) is 16.1 Å². The molecule has 2 aromatic heterocycles. The van der Waals surface area contributed by atoms with Crippen molar-refractivity contribution in [1.29, 1.82) is 0 Å². The van der Waals surface area contributed by atoms with Crippen LogP contribution in [-0.4, -0.2) is 25.5 Å². The van der Waals surface area contributed by atoms with Gasteiger partial charge in [0, 0.05) is 24.0 Å². The normalized spacial score (nSPS) is 10.9. The lowest BCUT2D eigenvalue weighted by atomic mass is 10.2. The number of rotatable bonds is 7. The van der Waals surface area contributed by atoms with E-state index < -0.39 is 11.7 Å². The monoisotopic (exact) mass is 477 g/mol. The largest absolute Gasteiger partial charge is 0.471 e. The predicted molar refractivity (Wildman–Crippen MR) is 115 cm³/mol. The average molecular weight is 478 g/mol. The van der Waals surface area contributed by atoms with Gasteiger partial charge in [-0.3, -0.25) is 9.48 Å². The second kappa shape index (κ2) is 9.37. The zero-order chi connectivity index (χ0) is 22.7. The van der Waals surface area contributed by atoms with Crippen molar-refractivity contribution in [2.75, 3.05) is 5.32 Å². The first-order chi connectivity index (χ1) is 15.4. The Morgan fingerprint density at radius 3 is 2.59 bits per heavy atom. The summed E-state index contributed by atoms with van der Waals surface area (Å²) in [6.07, 6.45) is 3.03. The van der Waals surface area contributed by atoms with E-state index in [1.807, 2.05) is 0 Å². The zero-order valence-corrected chi connectivity index (χ0v) is 17.8. The van der Waals surface area contributed by atoms with Crippen molar-refractivity contribution in [3.05, 3.63) is 93.9 Å². The van der Waals surface area contributed by atoms with E-state index in [0.29, 0.717) is 11.3 Å². The fraction of sp³-hybridized carbons (Fsp3) is 0.0952. The lowest BCUT2D eigenvalue weighted by Crippen LogP contribution is -2.15. The number of anilines is 1. The Morgan fingerprint density at radius 1 is 1.00 bits per heavy atom. The Bertz CT molecular complexity index is 1270. The van der Waals surface area contributed by atoms with Crippen LogP contribution in [0.5, 0.6) is 5.75 Å². The molecule has 1 N–H and O–H groups in total. The summed E-state index contributed by atoms with van der Waals surface area (Å²) >= 11 is 11.9. The van der Waals surface area contributed by atoms with Crippen LogP contribution in [0.4, 0.5) is 14.6 Å². The van der Waals surface area contributed by atoms with E-state index in [-0.39, 0.29) is 40.6 Å². The Labute approximate surface area is 191 Å². The Kier molecular flexibility index (Phi) is 6.38. The van der Waals surface area contributed by atoms with E-state index in [9.17, 15) is 13.6 Å². The summed E-state index contributed by atoms with van der Waals surface area (Å²) in [6, 6.07) is 11.8. The molecule has 2 aromatic carbocycles. The maximum absolute atomic E-state index is 13.8. The van der Waals surface area contributed by atoms with E-state index in [1.165, 1.54) is 45.9 Å². The molecule has 0 aliphatic rings. The molecule has 0 aliphatic carbocycles. The summed E-state index contributed by atoms with van der Waals surface area (Å²) in [5.41, 5.74) is 0.538. The molecule has 1 amide bonds. The molecule has 0 bridgehead atoms. The molecule has 0 fully saturated rings. The molecule has 0 saturated carbocycles. The Balaban J connectivity index is 1.38. The molecule has 11 heteroatoms. The van der Waals surface area contributed by atoms with Crippen molar-refractivity contribution in [3.8, 4) is 5.75 Å². The van der Waals surface area contributed by atoms with E-state index in [1.54, 1.807) is 24.4 Å². The minimum Gasteiger partial charge on any atom is -0.471 e. The summed E-state index contributed by atoms with van der Waals surface area (Å²) in [6.45, 7) is 0.134. The van der Waals surface area contributed by atoms with E-state index in [0.717, 1.165) is 0 Å². The van der Waals surface area contributed by atoms with Crippen LogP contribution < -0.4 is 10.1 Å². The number of nitrogens with zero attached hydrogens (tertiary/aromatic N) is 4. The second-order valence-corrected chi connectivity index (χ2v) is 7.47. The third-order valence-corrected chi connectivity index (χ3v) is 4.93. The van der Waals surface area contributed by atoms with Gasteiger partial charge in [0.05, 0.1) is 11.6 Å². The molecule has 4 aromatic rings. The number of hydrogen-bond acceptors (Lipinski definition) is 4. The number of carbonyl (C=O) groups is 1. The Hall–Kier alpha value is -3.43. The van der Waals surface area contributed by atoms with Crippen molar-refractivity contribution in [2.45, 2.75) is 13.3 Å². The summed E-state index contributed by atoms with van der Waals surface area (Å²) in [5.74, 6) is -0.969. The maximum Gasteiger partial charge on any atom is 0.277 e. The number of nitrogens with one attached hydrogen (secondary N) is 1. The van der Waals surface area contributed by atoms with Gasteiger partial charge in [0.15, 0.2) is 18.2 Å². The van der Waals surface area contributed by atoms with Crippen molar-refractivity contribution in [1.82, 2.24) is 19.6 Å². The molecule has 0 atom stereocenters. The molecule has 0 aliphatic heterocycles. The molecule has 4 rings (SSSR count). The van der Waals surface area contributed by atoms with Gasteiger partial charge in [-0.25, -0.2) is 13.5 Å². The van der Waals surface area contributed by atoms with Gasteiger partial charge in [0.1, 0.15) is 22.4 Å². The first-order valence-corrected chi connectivity index (χ1v) is 10.0. The number of amides is 1. The number of carbonyl (C=O) groups excluding carboxylic acids is 1. The van der Waals surface area contributed by atoms with Crippen molar-refractivity contribution in [3.63, 3.8) is 0 Å². The van der Waals surface area contributed by atoms with E-state index >= 15 is 0 Å². The molecule has 164 valence electrons. The van der Waals surface area contributed by atoms with Crippen LogP contribution in [-0.2, 0) is 13.3 Å². The third kappa shape index (κ3) is 5.06. The quantitative estimate of drug-likeness (QED) is 0.406. The van der Waals surface area contributed by atoms with Gasteiger partial charge >= 0.3 is 0 Å². The summed E-state index contributed by atoms with van der Waals surface area (Å²) < 4.78 is 35.3. The lowest BCUT2D eigenvalue weighted by Gasteiger charge is -2.06. The number of benzene rings is 2. The zero-order valence-electron chi connectivity index (χ0n) is 16.3. The minimum absolute atomic E-state index is 0.0206. The number of ether oxygens (including phenoxy) is 1. The molecule has 0 saturated heterocycles. The highest BCUT2D eigenvalue weighted by Gasteiger charge is 2.15. The molecular weight excluding hydrogens is 463 g/mol. The molecule has 7 nitrogen and oxygen atoms in total. The average Bonchev–Trinajstić information content (AvgIpc) is 3.37. The SMILES string of the molecule is O=C(Nc1nn(Cc2ccccc2F)cc1Cl)c1ccn(COc2ccc(F)c(Cl)c2)n1. The predicted octanol–water partition coefficient (Wildman–Crippen LogP) is 5.00. The van der Waals surface area contributed by atoms with Crippen molar-refractivity contribution >= 4 is 34.9 Å². The van der Waals surface area contributed by atoms with Gasteiger partial charge in [0.2, 0.25) is 0 Å². The van der Waals surface area contributed by atoms with Gasteiger partial charge in [0.25, 0.3) is 5.91 Å². The van der Waals surface area contributed by atoms with Crippen LogP contribution in [0, 0.1) is 11.6 Å². The molecule has 32 heavy (non-hydrogen) atoms. The summed E-state index contributed by atoms with van der Waals surface area (Å²) in [5, 5.41) is 11.0. The van der Waals surface area contributed by atoms with Gasteiger partial charge in [-0.1, -0.05) is 41.4 Å². The maximum atomic E-state index is 13.8. The first-order valence-electron chi connectivity index (χ1n) is 9.28. The van der Waals surface area contributed by atoms with Crippen LogP contribution in [0.15, 0.2) is 60.9 Å². The highest BCUT2D eigenvalue weighted by Crippen LogP contribution is 2.22. The minimum atomic E-state index is -0.549. The molecule has 2 heterocycles. The fourth-order valence-corrected chi connectivity index (χ4v) is 3.17. The fourth-order valence-electron chi connectivity index (χ4n) is 2.80. The highest BCUT2D eigenvalue weighted by molar-refractivity contribution is 6.33. The lowest BCUT2D eigenvalue weighted by molar-refractivity contribution is 0.101. The number of hydrogen-bond donors (Lipinski definition) is 1. The van der Waals surface area contributed by atoms with Crippen LogP contribution >= 0.6 is 23.2 Å². The summed E-state index contributed by atoms with van der Waals surface area (Å²) in [4.78, 5) is 12.5. The topological polar surface area (TPSA) is 74.0 Å². The molecule has 0 spiro atoms. The number of aromatic nitrogens is 4. The smallest absolute Gasteiger partial charge is 0.277 e. The third-order valence-electron chi connectivity index (χ3n) is 4.37. The summed E-state index contributed by atoms with van der Waals surface area (Å²) in [7, 11) is 0. The molecule has 0 unspecified atom stereocenters. The van der Waals surface area contributed by atoms with Crippen LogP contribution in [0.3, 0.4) is 0 Å². The van der Waals surface area contributed by atoms with Crippen LogP contribution in [0.2, 0.25) is 10.0 Å². The standard InChI is InChI=1S/C21H15Cl2F2N5O2/c22-15-9-14(5-6-18(15)25)32-12-29-8-7-19(27-29)21(31)26-20-16(23)11-30(28-20)10-13-3-1-2-4-17(13)24/h1-9,11H,10,12H2,(H,26,28,31). The first kappa shape index (κ1) is 21.8. The van der Waals surface area contributed by atoms with Crippen molar-refractivity contribution in [2.24, 2.45) is 0 Å². The van der Waals surface area contributed by atoms with Gasteiger partial charge in [-0.2, -0.15) is 10.2 Å². The number of halogens is 4. The van der Waals surface area contributed by atoms with Gasteiger partial charge < -0.3 is 10.1 Å². The van der Waals surface area contributed by atoms with E-state index in [2.05, 4.69) is 15.5 Å². The van der Waals surface area contributed by atoms with E-state index in [4.69, 9.17) is 27.9 Å². The van der Waals surface area contributed by atoms with Gasteiger partial charge in [-0.15, -0.1) is 0 Å².